The van der Waals surface area contributed by atoms with Crippen LogP contribution in [-0.2, 0) is 22.7 Å². The van der Waals surface area contributed by atoms with Gasteiger partial charge in [-0.05, 0) is 37.0 Å². The molecular formula is C24H28F5N7O2S. The number of piperidine rings is 1. The van der Waals surface area contributed by atoms with Crippen LogP contribution >= 0.6 is 0 Å². The standard InChI is InChI=1S/C24H28F5N7O2S/c1-15-9-16(10-30-12-21(25)26)3-4-20(15)35-13-19(32-14-35)22-18(24(27,28)29)11-31-23(34-22)33-17-5-7-36(8-6-17)39(2,37)38/h3-4,9,11,13-14,17,21,30H,5-8,10,12H2,1-2H3,(H,31,33,34). The molecule has 39 heavy (non-hydrogen) atoms. The summed E-state index contributed by atoms with van der Waals surface area (Å²) in [5.41, 5.74) is 0.772. The maximum atomic E-state index is 13.8. The number of benzene rings is 1. The summed E-state index contributed by atoms with van der Waals surface area (Å²) in [5.74, 6) is -0.0119. The van der Waals surface area contributed by atoms with Crippen molar-refractivity contribution in [3.63, 3.8) is 0 Å². The lowest BCUT2D eigenvalue weighted by Gasteiger charge is -2.30. The van der Waals surface area contributed by atoms with Gasteiger partial charge < -0.3 is 15.2 Å². The van der Waals surface area contributed by atoms with E-state index in [1.54, 1.807) is 29.7 Å². The van der Waals surface area contributed by atoms with Gasteiger partial charge in [0.2, 0.25) is 16.0 Å². The molecule has 3 heterocycles. The molecular weight excluding hydrogens is 545 g/mol. The zero-order valence-corrected chi connectivity index (χ0v) is 22.0. The second-order valence-corrected chi connectivity index (χ2v) is 11.3. The van der Waals surface area contributed by atoms with Gasteiger partial charge in [0.05, 0.1) is 19.1 Å². The molecule has 212 valence electrons. The molecule has 4 rings (SSSR count). The van der Waals surface area contributed by atoms with Crippen LogP contribution in [-0.4, -0.2) is 70.6 Å². The summed E-state index contributed by atoms with van der Waals surface area (Å²) < 4.78 is 92.6. The number of hydrogen-bond acceptors (Lipinski definition) is 7. The summed E-state index contributed by atoms with van der Waals surface area (Å²) in [7, 11) is -3.31. The predicted octanol–water partition coefficient (Wildman–Crippen LogP) is 3.85. The van der Waals surface area contributed by atoms with Gasteiger partial charge >= 0.3 is 6.18 Å². The Bertz CT molecular complexity index is 1400. The molecule has 3 aromatic rings. The molecule has 0 unspecified atom stereocenters. The fraction of sp³-hybridized carbons (Fsp3) is 0.458. The quantitative estimate of drug-likeness (QED) is 0.375. The van der Waals surface area contributed by atoms with Gasteiger partial charge in [0.1, 0.15) is 17.0 Å². The van der Waals surface area contributed by atoms with Crippen LogP contribution in [0, 0.1) is 6.92 Å². The summed E-state index contributed by atoms with van der Waals surface area (Å²) in [6, 6.07) is 5.07. The SMILES string of the molecule is Cc1cc(CNCC(F)F)ccc1-n1cnc(-c2nc(NC3CCN(S(C)(=O)=O)CC3)ncc2C(F)(F)F)c1. The van der Waals surface area contributed by atoms with Gasteiger partial charge in [0.25, 0.3) is 6.43 Å². The van der Waals surface area contributed by atoms with Gasteiger partial charge in [0.15, 0.2) is 0 Å². The number of nitrogens with one attached hydrogen (secondary N) is 2. The Balaban J connectivity index is 1.55. The maximum Gasteiger partial charge on any atom is 0.420 e. The van der Waals surface area contributed by atoms with Crippen LogP contribution in [0.4, 0.5) is 27.9 Å². The van der Waals surface area contributed by atoms with Gasteiger partial charge in [-0.1, -0.05) is 12.1 Å². The summed E-state index contributed by atoms with van der Waals surface area (Å²) in [4.78, 5) is 12.2. The van der Waals surface area contributed by atoms with E-state index < -0.39 is 40.4 Å². The van der Waals surface area contributed by atoms with Gasteiger partial charge in [-0.25, -0.2) is 36.5 Å². The number of aromatic nitrogens is 4. The first-order valence-electron chi connectivity index (χ1n) is 12.1. The van der Waals surface area contributed by atoms with Crippen molar-refractivity contribution in [3.05, 3.63) is 53.6 Å². The lowest BCUT2D eigenvalue weighted by atomic mass is 10.1. The van der Waals surface area contributed by atoms with Crippen molar-refractivity contribution in [3.8, 4) is 17.1 Å². The Labute approximate surface area is 222 Å². The smallest absolute Gasteiger partial charge is 0.351 e. The van der Waals surface area contributed by atoms with E-state index >= 15 is 0 Å². The number of hydrogen-bond donors (Lipinski definition) is 2. The summed E-state index contributed by atoms with van der Waals surface area (Å²) in [6.07, 6.45) is -1.62. The third-order valence-corrected chi connectivity index (χ3v) is 7.65. The van der Waals surface area contributed by atoms with Gasteiger partial charge in [-0.2, -0.15) is 13.2 Å². The second-order valence-electron chi connectivity index (χ2n) is 9.34. The van der Waals surface area contributed by atoms with E-state index in [1.165, 1.54) is 16.8 Å². The summed E-state index contributed by atoms with van der Waals surface area (Å²) in [6.45, 7) is 2.20. The lowest BCUT2D eigenvalue weighted by Crippen LogP contribution is -2.42. The first kappa shape index (κ1) is 28.8. The molecule has 1 aliphatic heterocycles. The highest BCUT2D eigenvalue weighted by Crippen LogP contribution is 2.36. The van der Waals surface area contributed by atoms with E-state index in [2.05, 4.69) is 25.6 Å². The lowest BCUT2D eigenvalue weighted by molar-refractivity contribution is -0.137. The minimum atomic E-state index is -4.72. The minimum Gasteiger partial charge on any atom is -0.351 e. The fourth-order valence-corrected chi connectivity index (χ4v) is 5.26. The third kappa shape index (κ3) is 7.28. The average molecular weight is 574 g/mol. The van der Waals surface area contributed by atoms with Gasteiger partial charge in [-0.15, -0.1) is 0 Å². The summed E-state index contributed by atoms with van der Waals surface area (Å²) in [5, 5.41) is 5.67. The topological polar surface area (TPSA) is 105 Å². The molecule has 15 heteroatoms. The largest absolute Gasteiger partial charge is 0.420 e. The zero-order valence-electron chi connectivity index (χ0n) is 21.2. The molecule has 2 N–H and O–H groups in total. The number of aryl methyl sites for hydroxylation is 1. The molecule has 0 spiro atoms. The van der Waals surface area contributed by atoms with Crippen LogP contribution in [0.3, 0.4) is 0 Å². The van der Waals surface area contributed by atoms with Crippen LogP contribution in [0.25, 0.3) is 17.1 Å². The summed E-state index contributed by atoms with van der Waals surface area (Å²) >= 11 is 0. The van der Waals surface area contributed by atoms with E-state index in [0.717, 1.165) is 17.4 Å². The third-order valence-electron chi connectivity index (χ3n) is 6.34. The number of anilines is 1. The van der Waals surface area contributed by atoms with Crippen molar-refractivity contribution in [2.24, 2.45) is 0 Å². The Morgan fingerprint density at radius 3 is 2.49 bits per heavy atom. The predicted molar refractivity (Wildman–Crippen MR) is 135 cm³/mol. The highest BCUT2D eigenvalue weighted by atomic mass is 32.2. The molecule has 1 fully saturated rings. The second kappa shape index (κ2) is 11.5. The molecule has 1 aromatic carbocycles. The van der Waals surface area contributed by atoms with Crippen molar-refractivity contribution in [1.82, 2.24) is 29.1 Å². The van der Waals surface area contributed by atoms with E-state index in [9.17, 15) is 30.4 Å². The highest BCUT2D eigenvalue weighted by molar-refractivity contribution is 7.88. The number of rotatable bonds is 9. The van der Waals surface area contributed by atoms with E-state index in [0.29, 0.717) is 24.7 Å². The first-order chi connectivity index (χ1) is 18.3. The van der Waals surface area contributed by atoms with Crippen molar-refractivity contribution >= 4 is 16.0 Å². The van der Waals surface area contributed by atoms with E-state index in [-0.39, 0.29) is 37.3 Å². The van der Waals surface area contributed by atoms with Crippen LogP contribution in [0.15, 0.2) is 36.9 Å². The highest BCUT2D eigenvalue weighted by Gasteiger charge is 2.36. The Morgan fingerprint density at radius 2 is 1.87 bits per heavy atom. The number of alkyl halides is 5. The zero-order chi connectivity index (χ0) is 28.4. The van der Waals surface area contributed by atoms with Crippen LogP contribution in [0.1, 0.15) is 29.5 Å². The molecule has 0 amide bonds. The fourth-order valence-electron chi connectivity index (χ4n) is 4.39. The molecule has 0 radical (unpaired) electrons. The molecule has 1 saturated heterocycles. The Kier molecular flexibility index (Phi) is 8.51. The van der Waals surface area contributed by atoms with E-state index in [4.69, 9.17) is 0 Å². The van der Waals surface area contributed by atoms with Crippen LogP contribution < -0.4 is 10.6 Å². The number of sulfonamides is 1. The molecule has 9 nitrogen and oxygen atoms in total. The molecule has 0 bridgehead atoms. The average Bonchev–Trinajstić information content (AvgIpc) is 3.33. The Hall–Kier alpha value is -3.17. The van der Waals surface area contributed by atoms with Crippen molar-refractivity contribution in [2.75, 3.05) is 31.2 Å². The molecule has 1 aliphatic rings. The monoisotopic (exact) mass is 573 g/mol. The molecule has 0 aliphatic carbocycles. The first-order valence-corrected chi connectivity index (χ1v) is 13.9. The van der Waals surface area contributed by atoms with Crippen molar-refractivity contribution < 1.29 is 30.4 Å². The van der Waals surface area contributed by atoms with Crippen molar-refractivity contribution in [1.29, 1.82) is 0 Å². The van der Waals surface area contributed by atoms with Crippen LogP contribution in [0.2, 0.25) is 0 Å². The number of halogens is 5. The van der Waals surface area contributed by atoms with E-state index in [1.807, 2.05) is 0 Å². The van der Waals surface area contributed by atoms with Crippen molar-refractivity contribution in [2.45, 2.75) is 45.0 Å². The number of imidazole rings is 1. The number of nitrogens with zero attached hydrogens (tertiary/aromatic N) is 5. The molecule has 0 atom stereocenters. The molecule has 2 aromatic heterocycles. The van der Waals surface area contributed by atoms with Gasteiger partial charge in [-0.3, -0.25) is 0 Å². The Morgan fingerprint density at radius 1 is 1.15 bits per heavy atom. The normalized spacial score (nSPS) is 15.7. The molecule has 0 saturated carbocycles. The maximum absolute atomic E-state index is 13.8. The van der Waals surface area contributed by atoms with Crippen LogP contribution in [0.5, 0.6) is 0 Å². The minimum absolute atomic E-state index is 0.0119. The van der Waals surface area contributed by atoms with Gasteiger partial charge in [0, 0.05) is 43.8 Å².